The number of nitrogens with zero attached hydrogens (tertiary/aromatic N) is 2. The fourth-order valence-electron chi connectivity index (χ4n) is 5.33. The summed E-state index contributed by atoms with van der Waals surface area (Å²) in [6.45, 7) is 6.26. The number of fused-ring (bicyclic) bond motifs is 1. The van der Waals surface area contributed by atoms with Gasteiger partial charge in [-0.3, -0.25) is 14.5 Å². The van der Waals surface area contributed by atoms with Crippen LogP contribution in [0.25, 0.3) is 0 Å². The molecule has 4 rings (SSSR count). The molecule has 1 amide bonds. The Bertz CT molecular complexity index is 741. The second kappa shape index (κ2) is 6.38. The molecule has 1 saturated carbocycles. The number of carbonyl (C=O) groups excluding carboxylic acids is 1. The van der Waals surface area contributed by atoms with E-state index < -0.39 is 11.4 Å². The third kappa shape index (κ3) is 2.73. The topological polar surface area (TPSA) is 60.9 Å². The highest BCUT2D eigenvalue weighted by Crippen LogP contribution is 2.45. The zero-order valence-corrected chi connectivity index (χ0v) is 15.7. The summed E-state index contributed by atoms with van der Waals surface area (Å²) >= 11 is 0. The molecule has 0 aromatic heterocycles. The lowest BCUT2D eigenvalue weighted by Gasteiger charge is -2.29. The maximum Gasteiger partial charge on any atom is 0.313 e. The monoisotopic (exact) mass is 356 g/mol. The van der Waals surface area contributed by atoms with E-state index in [2.05, 4.69) is 4.90 Å². The molecule has 26 heavy (non-hydrogen) atoms. The van der Waals surface area contributed by atoms with Gasteiger partial charge in [0.05, 0.1) is 0 Å². The Kier molecular flexibility index (Phi) is 4.30. The average molecular weight is 356 g/mol. The standard InChI is InChI=1S/C21H28N2O3/c1-14-7-8-18(15(2)9-14)19(24)23-11-16-10-22(17-5-3-4-6-17)12-21(16,13-23)20(25)26/h7-9,16-17H,3-6,10-13H2,1-2H3,(H,25,26)/t16-,21-/m0/s1. The van der Waals surface area contributed by atoms with E-state index in [4.69, 9.17) is 0 Å². The zero-order valence-electron chi connectivity index (χ0n) is 15.7. The van der Waals surface area contributed by atoms with Gasteiger partial charge in [0.2, 0.25) is 0 Å². The molecule has 0 spiro atoms. The summed E-state index contributed by atoms with van der Waals surface area (Å²) in [6, 6.07) is 6.38. The van der Waals surface area contributed by atoms with Gasteiger partial charge in [0.1, 0.15) is 5.41 Å². The van der Waals surface area contributed by atoms with E-state index in [1.807, 2.05) is 32.0 Å². The first-order chi connectivity index (χ1) is 12.4. The van der Waals surface area contributed by atoms with E-state index >= 15 is 0 Å². The van der Waals surface area contributed by atoms with Gasteiger partial charge in [0.15, 0.2) is 0 Å². The van der Waals surface area contributed by atoms with Gasteiger partial charge in [-0.2, -0.15) is 0 Å². The molecule has 3 aliphatic rings. The minimum Gasteiger partial charge on any atom is -0.481 e. The number of hydrogen-bond acceptors (Lipinski definition) is 3. The van der Waals surface area contributed by atoms with Crippen LogP contribution >= 0.6 is 0 Å². The first kappa shape index (κ1) is 17.5. The number of carboxylic acid groups (broad SMARTS) is 1. The van der Waals surface area contributed by atoms with Crippen LogP contribution in [0.15, 0.2) is 18.2 Å². The molecule has 1 aliphatic carbocycles. The van der Waals surface area contributed by atoms with Crippen LogP contribution in [0.3, 0.4) is 0 Å². The van der Waals surface area contributed by atoms with Crippen LogP contribution in [-0.4, -0.2) is 59.0 Å². The van der Waals surface area contributed by atoms with E-state index in [1.54, 1.807) is 4.90 Å². The number of rotatable bonds is 3. The second-order valence-electron chi connectivity index (χ2n) is 8.53. The smallest absolute Gasteiger partial charge is 0.313 e. The Morgan fingerprint density at radius 3 is 2.46 bits per heavy atom. The van der Waals surface area contributed by atoms with E-state index in [-0.39, 0.29) is 11.8 Å². The molecule has 2 saturated heterocycles. The molecule has 5 heteroatoms. The molecule has 2 aliphatic heterocycles. The summed E-state index contributed by atoms with van der Waals surface area (Å²) in [5.74, 6) is -0.723. The largest absolute Gasteiger partial charge is 0.481 e. The summed E-state index contributed by atoms with van der Waals surface area (Å²) in [5, 5.41) is 10.0. The van der Waals surface area contributed by atoms with Crippen LogP contribution in [0, 0.1) is 25.2 Å². The molecule has 0 radical (unpaired) electrons. The molecule has 2 atom stereocenters. The van der Waals surface area contributed by atoms with Crippen molar-refractivity contribution in [1.29, 1.82) is 0 Å². The van der Waals surface area contributed by atoms with Crippen molar-refractivity contribution >= 4 is 11.9 Å². The lowest BCUT2D eigenvalue weighted by atomic mass is 9.81. The maximum atomic E-state index is 13.0. The number of benzene rings is 1. The maximum absolute atomic E-state index is 13.0. The van der Waals surface area contributed by atoms with E-state index in [1.165, 1.54) is 25.7 Å². The number of aryl methyl sites for hydroxylation is 2. The molecule has 1 aromatic rings. The van der Waals surface area contributed by atoms with Crippen molar-refractivity contribution in [2.24, 2.45) is 11.3 Å². The van der Waals surface area contributed by atoms with Crippen LogP contribution in [0.1, 0.15) is 47.2 Å². The van der Waals surface area contributed by atoms with Crippen molar-refractivity contribution in [3.05, 3.63) is 34.9 Å². The molecule has 5 nitrogen and oxygen atoms in total. The molecule has 3 fully saturated rings. The molecule has 1 aromatic carbocycles. The Hall–Kier alpha value is -1.88. The van der Waals surface area contributed by atoms with Crippen molar-refractivity contribution in [3.8, 4) is 0 Å². The Morgan fingerprint density at radius 1 is 1.12 bits per heavy atom. The summed E-state index contributed by atoms with van der Waals surface area (Å²) in [7, 11) is 0. The predicted octanol–water partition coefficient (Wildman–Crippen LogP) is 2.70. The van der Waals surface area contributed by atoms with Crippen molar-refractivity contribution in [2.75, 3.05) is 26.2 Å². The van der Waals surface area contributed by atoms with Gasteiger partial charge < -0.3 is 10.0 Å². The summed E-state index contributed by atoms with van der Waals surface area (Å²) < 4.78 is 0. The van der Waals surface area contributed by atoms with Crippen molar-refractivity contribution in [3.63, 3.8) is 0 Å². The lowest BCUT2D eigenvalue weighted by molar-refractivity contribution is -0.148. The molecule has 1 N–H and O–H groups in total. The van der Waals surface area contributed by atoms with Crippen LogP contribution in [0.5, 0.6) is 0 Å². The minimum absolute atomic E-state index is 0.0232. The molecular weight excluding hydrogens is 328 g/mol. The zero-order chi connectivity index (χ0) is 18.5. The van der Waals surface area contributed by atoms with E-state index in [0.29, 0.717) is 31.2 Å². The highest BCUT2D eigenvalue weighted by atomic mass is 16.4. The molecule has 0 unspecified atom stereocenters. The van der Waals surface area contributed by atoms with Gasteiger partial charge in [-0.1, -0.05) is 30.5 Å². The van der Waals surface area contributed by atoms with Gasteiger partial charge in [0, 0.05) is 43.7 Å². The number of aliphatic carboxylic acids is 1. The normalized spacial score (nSPS) is 29.3. The number of likely N-dealkylation sites (tertiary alicyclic amines) is 2. The van der Waals surface area contributed by atoms with Crippen LogP contribution in [-0.2, 0) is 4.79 Å². The predicted molar refractivity (Wildman–Crippen MR) is 99.2 cm³/mol. The van der Waals surface area contributed by atoms with Gasteiger partial charge >= 0.3 is 5.97 Å². The fourth-order valence-corrected chi connectivity index (χ4v) is 5.33. The Labute approximate surface area is 155 Å². The first-order valence-corrected chi connectivity index (χ1v) is 9.75. The number of carboxylic acids is 1. The van der Waals surface area contributed by atoms with Crippen molar-refractivity contribution in [1.82, 2.24) is 9.80 Å². The highest BCUT2D eigenvalue weighted by Gasteiger charge is 2.59. The summed E-state index contributed by atoms with van der Waals surface area (Å²) in [6.07, 6.45) is 4.88. The molecule has 0 bridgehead atoms. The highest BCUT2D eigenvalue weighted by molar-refractivity contribution is 5.96. The number of hydrogen-bond donors (Lipinski definition) is 1. The second-order valence-corrected chi connectivity index (χ2v) is 8.53. The quantitative estimate of drug-likeness (QED) is 0.905. The van der Waals surface area contributed by atoms with Gasteiger partial charge in [0.25, 0.3) is 5.91 Å². The SMILES string of the molecule is Cc1ccc(C(=O)N2C[C@@H]3CN(C4CCCC4)C[C@]3(C(=O)O)C2)c(C)c1. The summed E-state index contributed by atoms with van der Waals surface area (Å²) in [4.78, 5) is 29.4. The lowest BCUT2D eigenvalue weighted by Crippen LogP contribution is -2.43. The minimum atomic E-state index is -0.795. The van der Waals surface area contributed by atoms with Crippen LogP contribution < -0.4 is 0 Å². The summed E-state index contributed by atoms with van der Waals surface area (Å²) in [5.41, 5.74) is 2.00. The van der Waals surface area contributed by atoms with Crippen LogP contribution in [0.2, 0.25) is 0 Å². The average Bonchev–Trinajstić information content (AvgIpc) is 3.28. The van der Waals surface area contributed by atoms with E-state index in [0.717, 1.165) is 17.7 Å². The molecular formula is C21H28N2O3. The fraction of sp³-hybridized carbons (Fsp3) is 0.619. The molecule has 140 valence electrons. The Morgan fingerprint density at radius 2 is 1.85 bits per heavy atom. The third-order valence-electron chi connectivity index (χ3n) is 6.80. The third-order valence-corrected chi connectivity index (χ3v) is 6.80. The van der Waals surface area contributed by atoms with E-state index in [9.17, 15) is 14.7 Å². The van der Waals surface area contributed by atoms with Gasteiger partial charge in [-0.15, -0.1) is 0 Å². The Balaban J connectivity index is 1.54. The van der Waals surface area contributed by atoms with Gasteiger partial charge in [-0.05, 0) is 38.3 Å². The van der Waals surface area contributed by atoms with Crippen molar-refractivity contribution < 1.29 is 14.7 Å². The number of carbonyl (C=O) groups is 2. The van der Waals surface area contributed by atoms with Gasteiger partial charge in [-0.25, -0.2) is 0 Å². The first-order valence-electron chi connectivity index (χ1n) is 9.75. The number of amides is 1. The van der Waals surface area contributed by atoms with Crippen molar-refractivity contribution in [2.45, 2.75) is 45.6 Å². The molecule has 2 heterocycles. The van der Waals surface area contributed by atoms with Crippen LogP contribution in [0.4, 0.5) is 0 Å².